The molecule has 0 spiro atoms. The van der Waals surface area contributed by atoms with Crippen molar-refractivity contribution in [1.82, 2.24) is 4.31 Å². The normalized spacial score (nSPS) is 12.3. The van der Waals surface area contributed by atoms with Crippen molar-refractivity contribution in [3.63, 3.8) is 0 Å². The number of benzene rings is 1. The molecule has 1 aromatic rings. The van der Waals surface area contributed by atoms with E-state index < -0.39 is 15.8 Å². The van der Waals surface area contributed by atoms with Gasteiger partial charge in [-0.2, -0.15) is 4.31 Å². The fourth-order valence-corrected chi connectivity index (χ4v) is 3.85. The van der Waals surface area contributed by atoms with Crippen LogP contribution in [0.1, 0.15) is 13.8 Å². The van der Waals surface area contributed by atoms with Crippen molar-refractivity contribution in [3.8, 4) is 0 Å². The zero-order valence-corrected chi connectivity index (χ0v) is 13.1. The summed E-state index contributed by atoms with van der Waals surface area (Å²) in [4.78, 5) is -0.206. The van der Waals surface area contributed by atoms with Crippen LogP contribution in [0.3, 0.4) is 0 Å². The molecular weight excluding hydrogens is 307 g/mol. The summed E-state index contributed by atoms with van der Waals surface area (Å²) >= 11 is 5.84. The third-order valence-corrected chi connectivity index (χ3v) is 5.27. The molecule has 0 amide bonds. The molecule has 0 aliphatic heterocycles. The van der Waals surface area contributed by atoms with E-state index in [9.17, 15) is 12.8 Å². The molecule has 0 saturated carbocycles. The van der Waals surface area contributed by atoms with Gasteiger partial charge in [-0.05, 0) is 26.0 Å². The van der Waals surface area contributed by atoms with Crippen molar-refractivity contribution in [2.45, 2.75) is 24.8 Å². The Morgan fingerprint density at radius 2 is 2.05 bits per heavy atom. The van der Waals surface area contributed by atoms with Crippen LogP contribution in [0, 0.1) is 5.82 Å². The Morgan fingerprint density at radius 1 is 1.45 bits per heavy atom. The van der Waals surface area contributed by atoms with Gasteiger partial charge in [-0.1, -0.05) is 11.6 Å². The summed E-state index contributed by atoms with van der Waals surface area (Å²) in [5.41, 5.74) is 5.16. The summed E-state index contributed by atoms with van der Waals surface area (Å²) in [5, 5.41) is -0.195. The highest BCUT2D eigenvalue weighted by Crippen LogP contribution is 2.29. The van der Waals surface area contributed by atoms with Crippen molar-refractivity contribution in [2.75, 3.05) is 26.0 Å². The Bertz CT molecular complexity index is 578. The minimum atomic E-state index is -3.87. The number of rotatable bonds is 6. The standard InChI is InChI=1S/C12H18ClFN2O3S/c1-8(2)16(4-5-19-3)20(17,18)12-7-11(15)10(14)6-9(12)13/h6-8H,4-5,15H2,1-3H3. The number of halogens is 2. The zero-order chi connectivity index (χ0) is 15.5. The highest BCUT2D eigenvalue weighted by molar-refractivity contribution is 7.89. The molecule has 1 rings (SSSR count). The molecule has 20 heavy (non-hydrogen) atoms. The van der Waals surface area contributed by atoms with Crippen LogP contribution in [0.5, 0.6) is 0 Å². The highest BCUT2D eigenvalue weighted by Gasteiger charge is 2.29. The van der Waals surface area contributed by atoms with Crippen molar-refractivity contribution >= 4 is 27.3 Å². The van der Waals surface area contributed by atoms with E-state index in [0.29, 0.717) is 0 Å². The van der Waals surface area contributed by atoms with Crippen molar-refractivity contribution in [1.29, 1.82) is 0 Å². The lowest BCUT2D eigenvalue weighted by molar-refractivity contribution is 0.171. The van der Waals surface area contributed by atoms with Gasteiger partial charge < -0.3 is 10.5 Å². The number of anilines is 1. The molecule has 0 aliphatic rings. The molecule has 0 heterocycles. The van der Waals surface area contributed by atoms with Crippen molar-refractivity contribution in [3.05, 3.63) is 23.0 Å². The van der Waals surface area contributed by atoms with Gasteiger partial charge in [0.2, 0.25) is 10.0 Å². The van der Waals surface area contributed by atoms with Crippen LogP contribution in [-0.4, -0.2) is 39.0 Å². The van der Waals surface area contributed by atoms with Gasteiger partial charge in [-0.25, -0.2) is 12.8 Å². The molecule has 0 atom stereocenters. The van der Waals surface area contributed by atoms with Crippen LogP contribution in [0.4, 0.5) is 10.1 Å². The van der Waals surface area contributed by atoms with Crippen LogP contribution in [0.15, 0.2) is 17.0 Å². The van der Waals surface area contributed by atoms with E-state index >= 15 is 0 Å². The fraction of sp³-hybridized carbons (Fsp3) is 0.500. The predicted molar refractivity (Wildman–Crippen MR) is 76.7 cm³/mol. The number of nitrogen functional groups attached to an aromatic ring is 1. The molecule has 2 N–H and O–H groups in total. The summed E-state index contributed by atoms with van der Waals surface area (Å²) in [6.45, 7) is 3.87. The second-order valence-corrected chi connectivity index (χ2v) is 6.77. The molecule has 114 valence electrons. The molecule has 0 radical (unpaired) electrons. The Kier molecular flexibility index (Phi) is 5.76. The van der Waals surface area contributed by atoms with E-state index in [1.165, 1.54) is 11.4 Å². The van der Waals surface area contributed by atoms with Gasteiger partial charge in [0.15, 0.2) is 0 Å². The second-order valence-electron chi connectivity index (χ2n) is 4.51. The molecule has 0 fully saturated rings. The number of hydrogen-bond donors (Lipinski definition) is 1. The highest BCUT2D eigenvalue weighted by atomic mass is 35.5. The lowest BCUT2D eigenvalue weighted by atomic mass is 10.3. The van der Waals surface area contributed by atoms with Gasteiger partial charge in [0, 0.05) is 19.7 Å². The first-order chi connectivity index (χ1) is 9.21. The minimum absolute atomic E-state index is 0.171. The number of nitrogens with two attached hydrogens (primary N) is 1. The van der Waals surface area contributed by atoms with Gasteiger partial charge in [0.05, 0.1) is 17.3 Å². The van der Waals surface area contributed by atoms with E-state index in [0.717, 1.165) is 12.1 Å². The average molecular weight is 325 g/mol. The fourth-order valence-electron chi connectivity index (χ4n) is 1.71. The molecule has 8 heteroatoms. The quantitative estimate of drug-likeness (QED) is 0.813. The van der Waals surface area contributed by atoms with Crippen LogP contribution in [0.2, 0.25) is 5.02 Å². The third kappa shape index (κ3) is 3.60. The van der Waals surface area contributed by atoms with Crippen molar-refractivity contribution < 1.29 is 17.5 Å². The van der Waals surface area contributed by atoms with Crippen LogP contribution >= 0.6 is 11.6 Å². The number of hydrogen-bond acceptors (Lipinski definition) is 4. The molecule has 0 bridgehead atoms. The summed E-state index contributed by atoms with van der Waals surface area (Å²) in [7, 11) is -2.39. The Hall–Kier alpha value is -0.890. The van der Waals surface area contributed by atoms with E-state index in [2.05, 4.69) is 0 Å². The van der Waals surface area contributed by atoms with Crippen LogP contribution < -0.4 is 5.73 Å². The molecule has 0 unspecified atom stereocenters. The maximum absolute atomic E-state index is 13.3. The first kappa shape index (κ1) is 17.2. The lowest BCUT2D eigenvalue weighted by Gasteiger charge is -2.26. The number of nitrogens with zero attached hydrogens (tertiary/aromatic N) is 1. The number of methoxy groups -OCH3 is 1. The molecular formula is C12H18ClFN2O3S. The summed E-state index contributed by atoms with van der Waals surface area (Å²) in [6, 6.07) is 1.64. The van der Waals surface area contributed by atoms with E-state index in [1.807, 2.05) is 0 Å². The minimum Gasteiger partial charge on any atom is -0.396 e. The topological polar surface area (TPSA) is 72.6 Å². The molecule has 1 aromatic carbocycles. The Balaban J connectivity index is 3.29. The summed E-state index contributed by atoms with van der Waals surface area (Å²) in [6.07, 6.45) is 0. The second kappa shape index (κ2) is 6.71. The van der Waals surface area contributed by atoms with E-state index in [1.54, 1.807) is 13.8 Å². The number of sulfonamides is 1. The van der Waals surface area contributed by atoms with Gasteiger partial charge in [0.25, 0.3) is 0 Å². The Labute approximate surface area is 123 Å². The summed E-state index contributed by atoms with van der Waals surface area (Å²) in [5.74, 6) is -0.748. The maximum atomic E-state index is 13.3. The average Bonchev–Trinajstić information content (AvgIpc) is 2.33. The maximum Gasteiger partial charge on any atom is 0.244 e. The predicted octanol–water partition coefficient (Wildman–Crippen LogP) is 2.11. The zero-order valence-electron chi connectivity index (χ0n) is 11.6. The van der Waals surface area contributed by atoms with Gasteiger partial charge in [-0.3, -0.25) is 0 Å². The smallest absolute Gasteiger partial charge is 0.244 e. The van der Waals surface area contributed by atoms with E-state index in [4.69, 9.17) is 22.1 Å². The number of ether oxygens (including phenoxy) is 1. The molecule has 0 aliphatic carbocycles. The molecule has 0 saturated heterocycles. The Morgan fingerprint density at radius 3 is 2.55 bits per heavy atom. The largest absolute Gasteiger partial charge is 0.396 e. The van der Waals surface area contributed by atoms with Gasteiger partial charge in [-0.15, -0.1) is 0 Å². The molecule has 0 aromatic heterocycles. The molecule has 5 nitrogen and oxygen atoms in total. The third-order valence-electron chi connectivity index (χ3n) is 2.73. The van der Waals surface area contributed by atoms with Crippen molar-refractivity contribution in [2.24, 2.45) is 0 Å². The monoisotopic (exact) mass is 324 g/mol. The van der Waals surface area contributed by atoms with Gasteiger partial charge >= 0.3 is 0 Å². The van der Waals surface area contributed by atoms with Crippen LogP contribution in [-0.2, 0) is 14.8 Å². The first-order valence-corrected chi connectivity index (χ1v) is 7.79. The first-order valence-electron chi connectivity index (χ1n) is 5.97. The SMILES string of the molecule is COCCN(C(C)C)S(=O)(=O)c1cc(N)c(F)cc1Cl. The van der Waals surface area contributed by atoms with E-state index in [-0.39, 0.29) is 34.8 Å². The summed E-state index contributed by atoms with van der Waals surface area (Å²) < 4.78 is 44.6. The van der Waals surface area contributed by atoms with Gasteiger partial charge in [0.1, 0.15) is 10.7 Å². The van der Waals surface area contributed by atoms with Crippen LogP contribution in [0.25, 0.3) is 0 Å². The lowest BCUT2D eigenvalue weighted by Crippen LogP contribution is -2.39.